The molecule has 1 atom stereocenters. The van der Waals surface area contributed by atoms with E-state index in [1.807, 2.05) is 4.72 Å². The van der Waals surface area contributed by atoms with Crippen LogP contribution in [0, 0.1) is 0 Å². The maximum atomic E-state index is 12.1. The van der Waals surface area contributed by atoms with E-state index in [1.165, 1.54) is 0 Å². The van der Waals surface area contributed by atoms with Crippen LogP contribution in [-0.2, 0) is 24.0 Å². The summed E-state index contributed by atoms with van der Waals surface area (Å²) in [6.07, 6.45) is -3.50. The maximum Gasteiger partial charge on any atom is 0.433 e. The molecule has 1 N–H and O–H groups in total. The third-order valence-electron chi connectivity index (χ3n) is 1.51. The van der Waals surface area contributed by atoms with Crippen LogP contribution in [0.3, 0.4) is 0 Å². The fourth-order valence-electron chi connectivity index (χ4n) is 0.839. The molecule has 0 fully saturated rings. The van der Waals surface area contributed by atoms with Crippen LogP contribution in [0.25, 0.3) is 0 Å². The van der Waals surface area contributed by atoms with E-state index in [0.29, 0.717) is 5.56 Å². The van der Waals surface area contributed by atoms with Crippen LogP contribution in [0.15, 0.2) is 18.3 Å². The van der Waals surface area contributed by atoms with Gasteiger partial charge in [-0.3, -0.25) is 9.19 Å². The van der Waals surface area contributed by atoms with Crippen molar-refractivity contribution < 1.29 is 21.9 Å². The Hall–Kier alpha value is -0.990. The number of nitrogens with one attached hydrogen (secondary N) is 1. The van der Waals surface area contributed by atoms with Gasteiger partial charge in [0.15, 0.2) is 0 Å². The first-order valence-electron chi connectivity index (χ1n) is 3.74. The van der Waals surface area contributed by atoms with E-state index in [4.69, 9.17) is 0 Å². The van der Waals surface area contributed by atoms with Gasteiger partial charge < -0.3 is 4.55 Å². The predicted molar refractivity (Wildman–Crippen MR) is 45.0 cm³/mol. The van der Waals surface area contributed by atoms with E-state index in [0.717, 1.165) is 18.3 Å². The molecule has 0 aliphatic heterocycles. The second-order valence-corrected chi connectivity index (χ2v) is 3.36. The van der Waals surface area contributed by atoms with Crippen LogP contribution in [0.5, 0.6) is 0 Å². The quantitative estimate of drug-likeness (QED) is 0.800. The molecule has 0 bridgehead atoms. The number of rotatable bonds is 3. The molecule has 4 nitrogen and oxygen atoms in total. The van der Waals surface area contributed by atoms with Crippen LogP contribution in [0.2, 0.25) is 0 Å². The number of aromatic nitrogens is 1. The average Bonchev–Trinajstić information content (AvgIpc) is 2.14. The maximum absolute atomic E-state index is 12.1. The van der Waals surface area contributed by atoms with Crippen LogP contribution >= 0.6 is 0 Å². The van der Waals surface area contributed by atoms with Gasteiger partial charge in [-0.1, -0.05) is 6.07 Å². The molecule has 1 heterocycles. The van der Waals surface area contributed by atoms with Gasteiger partial charge in [-0.15, -0.1) is 0 Å². The SMILES string of the molecule is O=S([O-])NCc1ccc(C(F)(F)F)nc1. The van der Waals surface area contributed by atoms with Crippen molar-refractivity contribution in [2.24, 2.45) is 0 Å². The van der Waals surface area contributed by atoms with Crippen molar-refractivity contribution in [2.75, 3.05) is 0 Å². The van der Waals surface area contributed by atoms with Crippen molar-refractivity contribution in [3.63, 3.8) is 0 Å². The topological polar surface area (TPSA) is 65.0 Å². The summed E-state index contributed by atoms with van der Waals surface area (Å²) in [6, 6.07) is 1.96. The third-order valence-corrected chi connectivity index (χ3v) is 1.89. The zero-order chi connectivity index (χ0) is 11.5. The largest absolute Gasteiger partial charge is 0.760 e. The first kappa shape index (κ1) is 12.1. The molecule has 1 unspecified atom stereocenters. The summed E-state index contributed by atoms with van der Waals surface area (Å²) in [6.45, 7) is -0.0821. The molecule has 0 spiro atoms. The third kappa shape index (κ3) is 3.94. The molecule has 0 radical (unpaired) electrons. The van der Waals surface area contributed by atoms with Crippen LogP contribution in [-0.4, -0.2) is 13.7 Å². The number of halogens is 3. The normalized spacial score (nSPS) is 13.9. The molecular formula is C7H6F3N2O2S-. The number of pyridine rings is 1. The molecule has 1 aromatic heterocycles. The highest BCUT2D eigenvalue weighted by molar-refractivity contribution is 7.77. The van der Waals surface area contributed by atoms with Gasteiger partial charge >= 0.3 is 6.18 Å². The Morgan fingerprint density at radius 1 is 1.47 bits per heavy atom. The van der Waals surface area contributed by atoms with Gasteiger partial charge in [-0.2, -0.15) is 13.2 Å². The summed E-state index contributed by atoms with van der Waals surface area (Å²) in [4.78, 5) is 3.16. The minimum atomic E-state index is -4.48. The van der Waals surface area contributed by atoms with Crippen molar-refractivity contribution in [1.29, 1.82) is 0 Å². The lowest BCUT2D eigenvalue weighted by atomic mass is 10.2. The molecule has 0 aliphatic rings. The number of alkyl halides is 3. The lowest BCUT2D eigenvalue weighted by Gasteiger charge is -2.08. The van der Waals surface area contributed by atoms with Crippen LogP contribution in [0.4, 0.5) is 13.2 Å². The molecule has 0 aromatic carbocycles. The van der Waals surface area contributed by atoms with E-state index in [9.17, 15) is 21.9 Å². The molecule has 1 aromatic rings. The second-order valence-electron chi connectivity index (χ2n) is 2.61. The first-order valence-corrected chi connectivity index (χ1v) is 4.82. The first-order chi connectivity index (χ1) is 6.89. The fourth-order valence-corrected chi connectivity index (χ4v) is 1.12. The van der Waals surface area contributed by atoms with E-state index >= 15 is 0 Å². The highest BCUT2D eigenvalue weighted by Crippen LogP contribution is 2.27. The Balaban J connectivity index is 2.69. The fraction of sp³-hybridized carbons (Fsp3) is 0.286. The summed E-state index contributed by atoms with van der Waals surface area (Å²) in [5, 5.41) is 0. The monoisotopic (exact) mass is 239 g/mol. The van der Waals surface area contributed by atoms with E-state index < -0.39 is 23.1 Å². The zero-order valence-electron chi connectivity index (χ0n) is 7.25. The van der Waals surface area contributed by atoms with Crippen molar-refractivity contribution >= 4 is 11.3 Å². The Bertz CT molecular complexity index is 352. The molecule has 15 heavy (non-hydrogen) atoms. The number of nitrogens with zero attached hydrogens (tertiary/aromatic N) is 1. The minimum Gasteiger partial charge on any atom is -0.760 e. The van der Waals surface area contributed by atoms with Gasteiger partial charge in [0.2, 0.25) is 0 Å². The Kier molecular flexibility index (Phi) is 3.77. The molecule has 0 saturated heterocycles. The van der Waals surface area contributed by atoms with Crippen molar-refractivity contribution in [3.05, 3.63) is 29.6 Å². The smallest absolute Gasteiger partial charge is 0.433 e. The van der Waals surface area contributed by atoms with Crippen LogP contribution in [0.1, 0.15) is 11.3 Å². The van der Waals surface area contributed by atoms with E-state index in [-0.39, 0.29) is 6.54 Å². The van der Waals surface area contributed by atoms with Crippen molar-refractivity contribution in [3.8, 4) is 0 Å². The highest BCUT2D eigenvalue weighted by Gasteiger charge is 2.31. The summed E-state index contributed by atoms with van der Waals surface area (Å²) >= 11 is -2.44. The van der Waals surface area contributed by atoms with Gasteiger partial charge in [0, 0.05) is 24.0 Å². The molecule has 0 saturated carbocycles. The van der Waals surface area contributed by atoms with E-state index in [2.05, 4.69) is 4.98 Å². The Labute approximate surface area is 85.9 Å². The highest BCUT2D eigenvalue weighted by atomic mass is 32.2. The summed E-state index contributed by atoms with van der Waals surface area (Å²) in [5.74, 6) is 0. The van der Waals surface area contributed by atoms with Crippen molar-refractivity contribution in [2.45, 2.75) is 12.7 Å². The van der Waals surface area contributed by atoms with Crippen LogP contribution < -0.4 is 4.72 Å². The van der Waals surface area contributed by atoms with E-state index in [1.54, 1.807) is 0 Å². The lowest BCUT2D eigenvalue weighted by Crippen LogP contribution is -2.16. The number of hydrogen-bond acceptors (Lipinski definition) is 3. The van der Waals surface area contributed by atoms with Gasteiger partial charge in [-0.25, -0.2) is 4.72 Å². The summed E-state index contributed by atoms with van der Waals surface area (Å²) in [5.41, 5.74) is -0.651. The van der Waals surface area contributed by atoms with Crippen molar-refractivity contribution in [1.82, 2.24) is 9.71 Å². The number of hydrogen-bond donors (Lipinski definition) is 1. The van der Waals surface area contributed by atoms with Gasteiger partial charge in [0.05, 0.1) is 0 Å². The zero-order valence-corrected chi connectivity index (χ0v) is 8.06. The Morgan fingerprint density at radius 3 is 2.53 bits per heavy atom. The molecule has 1 rings (SSSR count). The van der Waals surface area contributed by atoms with Gasteiger partial charge in [0.25, 0.3) is 0 Å². The molecule has 84 valence electrons. The predicted octanol–water partition coefficient (Wildman–Crippen LogP) is 0.984. The lowest BCUT2D eigenvalue weighted by molar-refractivity contribution is -0.141. The standard InChI is InChI=1S/C7H7F3N2O2S/c8-7(9,10)6-2-1-5(3-11-6)4-12-15(13)14/h1-3,12H,4H2,(H,13,14)/p-1. The minimum absolute atomic E-state index is 0.0821. The molecule has 0 aliphatic carbocycles. The van der Waals surface area contributed by atoms with Gasteiger partial charge in [0.1, 0.15) is 5.69 Å². The second kappa shape index (κ2) is 4.69. The molecular weight excluding hydrogens is 233 g/mol. The molecule has 8 heteroatoms. The Morgan fingerprint density at radius 2 is 2.13 bits per heavy atom. The average molecular weight is 239 g/mol. The summed E-state index contributed by atoms with van der Waals surface area (Å²) in [7, 11) is 0. The summed E-state index contributed by atoms with van der Waals surface area (Å²) < 4.78 is 58.4. The van der Waals surface area contributed by atoms with Gasteiger partial charge in [-0.05, 0) is 11.6 Å². The molecule has 0 amide bonds.